The average Bonchev–Trinajstić information content (AvgIpc) is 2.92. The maximum atomic E-state index is 13.4. The number of aryl methyl sites for hydroxylation is 1. The van der Waals surface area contributed by atoms with Crippen molar-refractivity contribution in [3.8, 4) is 11.5 Å². The highest BCUT2D eigenvalue weighted by molar-refractivity contribution is 9.10. The van der Waals surface area contributed by atoms with E-state index in [1.165, 1.54) is 25.3 Å². The van der Waals surface area contributed by atoms with Crippen LogP contribution in [0.4, 0.5) is 16.2 Å². The molecule has 1 heterocycles. The van der Waals surface area contributed by atoms with Gasteiger partial charge in [0.15, 0.2) is 11.5 Å². The highest BCUT2D eigenvalue weighted by Gasteiger charge is 2.37. The predicted octanol–water partition coefficient (Wildman–Crippen LogP) is 5.65. The Morgan fingerprint density at radius 2 is 1.90 bits per heavy atom. The van der Waals surface area contributed by atoms with Crippen LogP contribution < -0.4 is 19.7 Å². The number of ether oxygens (including phenoxy) is 2. The van der Waals surface area contributed by atoms with Crippen LogP contribution in [0.2, 0.25) is 0 Å². The zero-order valence-corrected chi connectivity index (χ0v) is 23.2. The van der Waals surface area contributed by atoms with E-state index in [1.54, 1.807) is 48.5 Å². The highest BCUT2D eigenvalue weighted by atomic mass is 79.9. The van der Waals surface area contributed by atoms with Crippen LogP contribution in [0.15, 0.2) is 77.3 Å². The Kier molecular flexibility index (Phi) is 8.44. The monoisotopic (exact) mass is 605 g/mol. The minimum absolute atomic E-state index is 0.0349. The quantitative estimate of drug-likeness (QED) is 0.110. The van der Waals surface area contributed by atoms with Crippen molar-refractivity contribution in [3.05, 3.63) is 110 Å². The molecular weight excluding hydrogens is 582 g/mol. The van der Waals surface area contributed by atoms with Gasteiger partial charge in [0.25, 0.3) is 17.5 Å². The Bertz CT molecular complexity index is 1580. The second-order valence-corrected chi connectivity index (χ2v) is 9.67. The molecule has 1 fully saturated rings. The van der Waals surface area contributed by atoms with Crippen molar-refractivity contribution in [2.45, 2.75) is 20.0 Å². The Balaban J connectivity index is 1.69. The number of nitrogens with one attached hydrogen (secondary N) is 1. The maximum Gasteiger partial charge on any atom is 0.335 e. The molecule has 1 aliphatic rings. The number of hydrogen-bond acceptors (Lipinski definition) is 7. The number of halogens is 1. The van der Waals surface area contributed by atoms with Gasteiger partial charge in [0.2, 0.25) is 0 Å². The Labute approximate surface area is 238 Å². The van der Waals surface area contributed by atoms with Gasteiger partial charge in [-0.05, 0) is 66.4 Å². The molecule has 204 valence electrons. The van der Waals surface area contributed by atoms with Crippen LogP contribution in [-0.4, -0.2) is 29.9 Å². The smallest absolute Gasteiger partial charge is 0.335 e. The number of imide groups is 2. The van der Waals surface area contributed by atoms with E-state index in [1.807, 2.05) is 6.92 Å². The van der Waals surface area contributed by atoms with Crippen molar-refractivity contribution >= 4 is 51.2 Å². The van der Waals surface area contributed by atoms with E-state index >= 15 is 0 Å². The van der Waals surface area contributed by atoms with E-state index < -0.39 is 22.8 Å². The summed E-state index contributed by atoms with van der Waals surface area (Å²) in [6.07, 6.45) is 3.39. The third kappa shape index (κ3) is 5.94. The van der Waals surface area contributed by atoms with Crippen LogP contribution in [0.1, 0.15) is 22.3 Å². The third-order valence-corrected chi connectivity index (χ3v) is 6.94. The van der Waals surface area contributed by atoms with Gasteiger partial charge in [0, 0.05) is 22.2 Å². The van der Waals surface area contributed by atoms with Crippen LogP contribution >= 0.6 is 15.9 Å². The molecule has 3 aromatic rings. The molecule has 10 nitrogen and oxygen atoms in total. The van der Waals surface area contributed by atoms with Crippen LogP contribution in [0.5, 0.6) is 11.5 Å². The predicted molar refractivity (Wildman–Crippen MR) is 152 cm³/mol. The van der Waals surface area contributed by atoms with Crippen molar-refractivity contribution in [1.82, 2.24) is 5.32 Å². The molecule has 1 N–H and O–H groups in total. The number of barbiturate groups is 1. The lowest BCUT2D eigenvalue weighted by atomic mass is 10.0. The Morgan fingerprint density at radius 1 is 1.12 bits per heavy atom. The summed E-state index contributed by atoms with van der Waals surface area (Å²) in [7, 11) is 1.44. The SMILES string of the molecule is C=CCc1cc(/C=C2\C(=O)NC(=O)N(c3ccc(Br)c(C)c3)C2=O)cc(OC)c1OCc1cccc([N+](=O)[O-])c1. The number of anilines is 1. The normalized spacial score (nSPS) is 14.2. The fourth-order valence-corrected chi connectivity index (χ4v) is 4.38. The molecule has 0 aromatic heterocycles. The molecule has 4 amide bonds. The van der Waals surface area contributed by atoms with E-state index in [9.17, 15) is 24.5 Å². The first-order valence-electron chi connectivity index (χ1n) is 12.0. The summed E-state index contributed by atoms with van der Waals surface area (Å²) < 4.78 is 12.4. The number of allylic oxidation sites excluding steroid dienone is 1. The van der Waals surface area contributed by atoms with Gasteiger partial charge in [-0.15, -0.1) is 6.58 Å². The third-order valence-electron chi connectivity index (χ3n) is 6.06. The highest BCUT2D eigenvalue weighted by Crippen LogP contribution is 2.36. The number of nitro benzene ring substituents is 1. The number of non-ortho nitro benzene ring substituents is 1. The van der Waals surface area contributed by atoms with E-state index in [-0.39, 0.29) is 17.9 Å². The fraction of sp³-hybridized carbons (Fsp3) is 0.138. The van der Waals surface area contributed by atoms with E-state index in [2.05, 4.69) is 27.8 Å². The molecule has 0 saturated carbocycles. The minimum atomic E-state index is -0.844. The first kappa shape index (κ1) is 28.2. The summed E-state index contributed by atoms with van der Waals surface area (Å²) >= 11 is 3.40. The first-order chi connectivity index (χ1) is 19.1. The number of benzene rings is 3. The van der Waals surface area contributed by atoms with Gasteiger partial charge in [0.1, 0.15) is 12.2 Å². The zero-order valence-electron chi connectivity index (χ0n) is 21.6. The van der Waals surface area contributed by atoms with Crippen molar-refractivity contribution < 1.29 is 28.8 Å². The van der Waals surface area contributed by atoms with Crippen molar-refractivity contribution in [2.24, 2.45) is 0 Å². The van der Waals surface area contributed by atoms with Gasteiger partial charge < -0.3 is 9.47 Å². The molecule has 1 aliphatic heterocycles. The molecule has 0 unspecified atom stereocenters. The first-order valence-corrected chi connectivity index (χ1v) is 12.8. The number of carbonyl (C=O) groups excluding carboxylic acids is 3. The average molecular weight is 606 g/mol. The van der Waals surface area contributed by atoms with E-state index in [4.69, 9.17) is 9.47 Å². The van der Waals surface area contributed by atoms with Crippen LogP contribution in [0.3, 0.4) is 0 Å². The molecule has 0 atom stereocenters. The Hall–Kier alpha value is -4.77. The molecule has 4 rings (SSSR count). The molecule has 40 heavy (non-hydrogen) atoms. The zero-order chi connectivity index (χ0) is 29.0. The molecule has 0 aliphatic carbocycles. The van der Waals surface area contributed by atoms with E-state index in [0.717, 1.165) is 14.9 Å². The molecule has 0 spiro atoms. The lowest BCUT2D eigenvalue weighted by Gasteiger charge is -2.27. The number of nitrogens with zero attached hydrogens (tertiary/aromatic N) is 2. The summed E-state index contributed by atoms with van der Waals surface area (Å²) in [5, 5.41) is 13.3. The van der Waals surface area contributed by atoms with Crippen LogP contribution in [0, 0.1) is 17.0 Å². The van der Waals surface area contributed by atoms with Gasteiger partial charge in [-0.2, -0.15) is 0 Å². The standard InChI is InChI=1S/C29H24BrN3O7/c1-4-6-20-12-19(15-25(39-3)26(20)40-16-18-7-5-8-22(13-18)33(37)38)14-23-27(34)31-29(36)32(28(23)35)21-9-10-24(30)17(2)11-21/h4-5,7-15H,1,6,16H2,2-3H3,(H,31,34,36)/b23-14+. The summed E-state index contributed by atoms with van der Waals surface area (Å²) in [5.41, 5.74) is 2.52. The number of methoxy groups -OCH3 is 1. The van der Waals surface area contributed by atoms with Gasteiger partial charge in [-0.25, -0.2) is 9.69 Å². The maximum absolute atomic E-state index is 13.4. The minimum Gasteiger partial charge on any atom is -0.493 e. The molecule has 11 heteroatoms. The summed E-state index contributed by atoms with van der Waals surface area (Å²) in [4.78, 5) is 50.2. The number of urea groups is 1. The number of amides is 4. The van der Waals surface area contributed by atoms with Gasteiger partial charge in [-0.1, -0.05) is 34.1 Å². The lowest BCUT2D eigenvalue weighted by molar-refractivity contribution is -0.384. The van der Waals surface area contributed by atoms with Gasteiger partial charge in [0.05, 0.1) is 17.7 Å². The largest absolute Gasteiger partial charge is 0.493 e. The molecule has 3 aromatic carbocycles. The topological polar surface area (TPSA) is 128 Å². The van der Waals surface area contributed by atoms with Crippen LogP contribution in [0.25, 0.3) is 6.08 Å². The second-order valence-electron chi connectivity index (χ2n) is 8.81. The van der Waals surface area contributed by atoms with Gasteiger partial charge in [-0.3, -0.25) is 25.0 Å². The van der Waals surface area contributed by atoms with Gasteiger partial charge >= 0.3 is 6.03 Å². The van der Waals surface area contributed by atoms with Crippen molar-refractivity contribution in [3.63, 3.8) is 0 Å². The summed E-state index contributed by atoms with van der Waals surface area (Å²) in [6.45, 7) is 5.64. The second kappa shape index (κ2) is 12.0. The van der Waals surface area contributed by atoms with Crippen LogP contribution in [-0.2, 0) is 22.6 Å². The molecule has 0 radical (unpaired) electrons. The number of nitro groups is 1. The van der Waals surface area contributed by atoms with Crippen molar-refractivity contribution in [2.75, 3.05) is 12.0 Å². The molecule has 0 bridgehead atoms. The lowest BCUT2D eigenvalue weighted by Crippen LogP contribution is -2.54. The molecule has 1 saturated heterocycles. The summed E-state index contributed by atoms with van der Waals surface area (Å²) in [5.74, 6) is -0.893. The number of rotatable bonds is 9. The fourth-order valence-electron chi connectivity index (χ4n) is 4.13. The Morgan fingerprint density at radius 3 is 2.58 bits per heavy atom. The van der Waals surface area contributed by atoms with Crippen molar-refractivity contribution in [1.29, 1.82) is 0 Å². The summed E-state index contributed by atoms with van der Waals surface area (Å²) in [6, 6.07) is 13.5. The number of hydrogen-bond donors (Lipinski definition) is 1. The number of carbonyl (C=O) groups is 3. The van der Waals surface area contributed by atoms with E-state index in [0.29, 0.717) is 40.3 Å². The molecular formula is C29H24BrN3O7.